The van der Waals surface area contributed by atoms with Crippen LogP contribution in [0.4, 0.5) is 11.5 Å². The van der Waals surface area contributed by atoms with Crippen LogP contribution in [0.5, 0.6) is 0 Å². The minimum atomic E-state index is -0.301. The van der Waals surface area contributed by atoms with Gasteiger partial charge in [0.15, 0.2) is 0 Å². The first kappa shape index (κ1) is 18.7. The summed E-state index contributed by atoms with van der Waals surface area (Å²) >= 11 is 0. The highest BCUT2D eigenvalue weighted by molar-refractivity contribution is 6.06. The van der Waals surface area contributed by atoms with Gasteiger partial charge in [-0.2, -0.15) is 0 Å². The second kappa shape index (κ2) is 8.14. The third-order valence-corrected chi connectivity index (χ3v) is 4.82. The van der Waals surface area contributed by atoms with Gasteiger partial charge in [0, 0.05) is 29.4 Å². The first-order valence-corrected chi connectivity index (χ1v) is 9.50. The lowest BCUT2D eigenvalue weighted by Crippen LogP contribution is -2.14. The van der Waals surface area contributed by atoms with Gasteiger partial charge in [0.25, 0.3) is 5.91 Å². The zero-order valence-corrected chi connectivity index (χ0v) is 16.0. The molecule has 2 amide bonds. The van der Waals surface area contributed by atoms with Crippen LogP contribution in [0.25, 0.3) is 6.08 Å². The monoisotopic (exact) mass is 387 g/mol. The van der Waals surface area contributed by atoms with Gasteiger partial charge < -0.3 is 15.1 Å². The van der Waals surface area contributed by atoms with Crippen molar-refractivity contribution in [2.45, 2.75) is 19.3 Å². The smallest absolute Gasteiger partial charge is 0.256 e. The zero-order valence-electron chi connectivity index (χ0n) is 16.0. The van der Waals surface area contributed by atoms with Crippen LogP contribution in [-0.4, -0.2) is 16.8 Å². The van der Waals surface area contributed by atoms with Crippen molar-refractivity contribution >= 4 is 29.4 Å². The molecule has 1 aliphatic rings. The van der Waals surface area contributed by atoms with Crippen molar-refractivity contribution in [1.29, 1.82) is 0 Å². The van der Waals surface area contributed by atoms with Gasteiger partial charge in [-0.15, -0.1) is 0 Å². The minimum absolute atomic E-state index is 0.298. The Bertz CT molecular complexity index is 1060. The van der Waals surface area contributed by atoms with Gasteiger partial charge in [-0.1, -0.05) is 19.1 Å². The molecule has 6 nitrogen and oxygen atoms in total. The lowest BCUT2D eigenvalue weighted by molar-refractivity contribution is -0.111. The van der Waals surface area contributed by atoms with Gasteiger partial charge in [-0.05, 0) is 60.9 Å². The van der Waals surface area contributed by atoms with Crippen LogP contribution < -0.4 is 10.6 Å². The van der Waals surface area contributed by atoms with Gasteiger partial charge >= 0.3 is 0 Å². The van der Waals surface area contributed by atoms with Gasteiger partial charge in [-0.3, -0.25) is 9.59 Å². The summed E-state index contributed by atoms with van der Waals surface area (Å²) in [7, 11) is 0. The average Bonchev–Trinajstić information content (AvgIpc) is 3.27. The highest BCUT2D eigenvalue weighted by atomic mass is 16.3. The van der Waals surface area contributed by atoms with E-state index in [1.165, 1.54) is 6.08 Å². The van der Waals surface area contributed by atoms with Crippen LogP contribution in [0, 0.1) is 5.92 Å². The molecule has 4 rings (SSSR count). The van der Waals surface area contributed by atoms with Crippen LogP contribution in [0.1, 0.15) is 41.1 Å². The van der Waals surface area contributed by atoms with E-state index in [0.29, 0.717) is 34.7 Å². The van der Waals surface area contributed by atoms with Crippen LogP contribution in [0.2, 0.25) is 0 Å². The molecule has 1 fully saturated rings. The van der Waals surface area contributed by atoms with Crippen molar-refractivity contribution in [2.75, 3.05) is 10.6 Å². The van der Waals surface area contributed by atoms with Gasteiger partial charge in [0.1, 0.15) is 17.3 Å². The van der Waals surface area contributed by atoms with E-state index in [0.717, 1.165) is 12.2 Å². The van der Waals surface area contributed by atoms with E-state index in [1.54, 1.807) is 54.7 Å². The fraction of sp³-hybridized carbons (Fsp3) is 0.174. The Morgan fingerprint density at radius 2 is 1.97 bits per heavy atom. The summed E-state index contributed by atoms with van der Waals surface area (Å²) in [5, 5.41) is 5.47. The molecule has 2 atom stereocenters. The number of rotatable bonds is 6. The number of aromatic nitrogens is 1. The molecule has 2 N–H and O–H groups in total. The van der Waals surface area contributed by atoms with Crippen LogP contribution in [-0.2, 0) is 4.79 Å². The fourth-order valence-corrected chi connectivity index (χ4v) is 3.08. The molecule has 1 aromatic carbocycles. The number of benzene rings is 1. The van der Waals surface area contributed by atoms with Crippen molar-refractivity contribution in [1.82, 2.24) is 4.98 Å². The second-order valence-corrected chi connectivity index (χ2v) is 7.13. The molecule has 2 aromatic heterocycles. The van der Waals surface area contributed by atoms with E-state index in [9.17, 15) is 9.59 Å². The molecule has 2 unspecified atom stereocenters. The standard InChI is InChI=1S/C23H21N3O3/c1-15-13-19(15)20-10-8-18(29-20)9-11-22(27)25-17-6-4-5-16(14-17)23(28)26-21-7-2-3-12-24-21/h2-12,14-15,19H,13H2,1H3,(H,25,27)(H,24,26,28)/b11-9+. The zero-order chi connectivity index (χ0) is 20.2. The lowest BCUT2D eigenvalue weighted by Gasteiger charge is -2.07. The summed E-state index contributed by atoms with van der Waals surface area (Å²) in [6.07, 6.45) is 5.82. The van der Waals surface area contributed by atoms with Crippen LogP contribution >= 0.6 is 0 Å². The molecule has 0 bridgehead atoms. The SMILES string of the molecule is CC1CC1c1ccc(/C=C/C(=O)Nc2cccc(C(=O)Nc3ccccn3)c2)o1. The molecule has 1 saturated carbocycles. The molecule has 146 valence electrons. The Morgan fingerprint density at radius 3 is 2.72 bits per heavy atom. The molecule has 0 radical (unpaired) electrons. The quantitative estimate of drug-likeness (QED) is 0.600. The van der Waals surface area contributed by atoms with Crippen LogP contribution in [0.15, 0.2) is 71.3 Å². The highest BCUT2D eigenvalue weighted by Gasteiger charge is 2.36. The van der Waals surface area contributed by atoms with Crippen LogP contribution in [0.3, 0.4) is 0 Å². The molecule has 0 saturated heterocycles. The maximum absolute atomic E-state index is 12.4. The number of anilines is 2. The topological polar surface area (TPSA) is 84.2 Å². The number of carbonyl (C=O) groups is 2. The van der Waals surface area contributed by atoms with Gasteiger partial charge in [0.05, 0.1) is 0 Å². The molecular formula is C23H21N3O3. The molecule has 6 heteroatoms. The molecule has 0 spiro atoms. The van der Waals surface area contributed by atoms with Crippen molar-refractivity contribution in [3.63, 3.8) is 0 Å². The van der Waals surface area contributed by atoms with Gasteiger partial charge in [-0.25, -0.2) is 4.98 Å². The number of amides is 2. The van der Waals surface area contributed by atoms with E-state index in [-0.39, 0.29) is 11.8 Å². The highest BCUT2D eigenvalue weighted by Crippen LogP contribution is 2.47. The Balaban J connectivity index is 1.36. The number of carbonyl (C=O) groups excluding carboxylic acids is 2. The number of pyridine rings is 1. The van der Waals surface area contributed by atoms with E-state index in [2.05, 4.69) is 22.5 Å². The predicted molar refractivity (Wildman–Crippen MR) is 112 cm³/mol. The number of hydrogen-bond acceptors (Lipinski definition) is 4. The molecule has 3 aromatic rings. The van der Waals surface area contributed by atoms with Gasteiger partial charge in [0.2, 0.25) is 5.91 Å². The predicted octanol–water partition coefficient (Wildman–Crippen LogP) is 4.70. The fourth-order valence-electron chi connectivity index (χ4n) is 3.08. The second-order valence-electron chi connectivity index (χ2n) is 7.13. The van der Waals surface area contributed by atoms with Crippen molar-refractivity contribution in [2.24, 2.45) is 5.92 Å². The lowest BCUT2D eigenvalue weighted by atomic mass is 10.2. The summed E-state index contributed by atoms with van der Waals surface area (Å²) < 4.78 is 5.76. The third kappa shape index (κ3) is 4.79. The number of nitrogens with zero attached hydrogens (tertiary/aromatic N) is 1. The Morgan fingerprint density at radius 1 is 1.10 bits per heavy atom. The largest absolute Gasteiger partial charge is 0.461 e. The summed E-state index contributed by atoms with van der Waals surface area (Å²) in [6, 6.07) is 15.8. The minimum Gasteiger partial charge on any atom is -0.461 e. The summed E-state index contributed by atoms with van der Waals surface area (Å²) in [4.78, 5) is 28.6. The Hall–Kier alpha value is -3.67. The summed E-state index contributed by atoms with van der Waals surface area (Å²) in [6.45, 7) is 2.20. The number of hydrogen-bond donors (Lipinski definition) is 2. The van der Waals surface area contributed by atoms with E-state index >= 15 is 0 Å². The number of furan rings is 1. The van der Waals surface area contributed by atoms with E-state index in [4.69, 9.17) is 4.42 Å². The van der Waals surface area contributed by atoms with Crippen molar-refractivity contribution in [3.05, 3.63) is 84.0 Å². The molecule has 2 heterocycles. The first-order chi connectivity index (χ1) is 14.1. The molecule has 1 aliphatic carbocycles. The normalized spacial score (nSPS) is 17.8. The average molecular weight is 387 g/mol. The van der Waals surface area contributed by atoms with Crippen molar-refractivity contribution in [3.8, 4) is 0 Å². The maximum Gasteiger partial charge on any atom is 0.256 e. The van der Waals surface area contributed by atoms with E-state index < -0.39 is 0 Å². The first-order valence-electron chi connectivity index (χ1n) is 9.50. The Labute approximate surface area is 168 Å². The summed E-state index contributed by atoms with van der Waals surface area (Å²) in [5.41, 5.74) is 0.951. The Kier molecular flexibility index (Phi) is 5.24. The summed E-state index contributed by atoms with van der Waals surface area (Å²) in [5.74, 6) is 2.67. The third-order valence-electron chi connectivity index (χ3n) is 4.82. The molecule has 29 heavy (non-hydrogen) atoms. The molecular weight excluding hydrogens is 366 g/mol. The number of nitrogens with one attached hydrogen (secondary N) is 2. The molecule has 0 aliphatic heterocycles. The van der Waals surface area contributed by atoms with Crippen molar-refractivity contribution < 1.29 is 14.0 Å². The maximum atomic E-state index is 12.4. The van der Waals surface area contributed by atoms with E-state index in [1.807, 2.05) is 12.1 Å².